The Balaban J connectivity index is 1.97. The summed E-state index contributed by atoms with van der Waals surface area (Å²) in [4.78, 5) is 24.8. The van der Waals surface area contributed by atoms with Crippen molar-refractivity contribution >= 4 is 17.4 Å². The first-order chi connectivity index (χ1) is 8.75. The molecule has 2 aromatic rings. The highest BCUT2D eigenvalue weighted by atomic mass is 35.5. The Hall–Kier alpha value is -1.88. The van der Waals surface area contributed by atoms with Crippen molar-refractivity contribution in [1.29, 1.82) is 0 Å². The number of aromatic nitrogens is 3. The molecule has 1 aliphatic rings. The lowest BCUT2D eigenvalue weighted by Gasteiger charge is -2.28. The van der Waals surface area contributed by atoms with Gasteiger partial charge in [-0.05, 0) is 18.6 Å². The van der Waals surface area contributed by atoms with Crippen LogP contribution in [0.25, 0.3) is 0 Å². The van der Waals surface area contributed by atoms with E-state index in [0.29, 0.717) is 18.0 Å². The van der Waals surface area contributed by atoms with Crippen molar-refractivity contribution in [1.82, 2.24) is 15.0 Å². The summed E-state index contributed by atoms with van der Waals surface area (Å²) in [5.74, 6) is 0.742. The van der Waals surface area contributed by atoms with E-state index in [1.807, 2.05) is 11.0 Å². The van der Waals surface area contributed by atoms with Crippen LogP contribution in [0.4, 0.5) is 5.82 Å². The number of nitrogens with one attached hydrogen (secondary N) is 1. The molecule has 3 heterocycles. The molecule has 18 heavy (non-hydrogen) atoms. The van der Waals surface area contributed by atoms with Gasteiger partial charge in [-0.15, -0.1) is 0 Å². The summed E-state index contributed by atoms with van der Waals surface area (Å²) in [6.07, 6.45) is 3.80. The minimum atomic E-state index is -0.0493. The van der Waals surface area contributed by atoms with Crippen LogP contribution in [0.3, 0.4) is 0 Å². The standard InChI is InChI=1S/C12H11ClN4O/c13-9-2-1-4-14-11(9)17-5-3-8-10(6-17)15-7-16-12(8)18/h1-2,4,7H,3,5-6H2,(H,15,16,18). The van der Waals surface area contributed by atoms with Gasteiger partial charge in [-0.2, -0.15) is 0 Å². The van der Waals surface area contributed by atoms with Crippen molar-refractivity contribution in [3.05, 3.63) is 51.3 Å². The summed E-state index contributed by atoms with van der Waals surface area (Å²) in [7, 11) is 0. The lowest BCUT2D eigenvalue weighted by molar-refractivity contribution is 0.688. The third kappa shape index (κ3) is 1.86. The third-order valence-corrected chi connectivity index (χ3v) is 3.34. The minimum absolute atomic E-state index is 0.0493. The van der Waals surface area contributed by atoms with Gasteiger partial charge in [-0.1, -0.05) is 11.6 Å². The zero-order valence-corrected chi connectivity index (χ0v) is 10.3. The first-order valence-electron chi connectivity index (χ1n) is 5.66. The molecule has 92 valence electrons. The topological polar surface area (TPSA) is 61.9 Å². The molecule has 0 fully saturated rings. The lowest BCUT2D eigenvalue weighted by Crippen LogP contribution is -2.35. The molecule has 2 aromatic heterocycles. The summed E-state index contributed by atoms with van der Waals surface area (Å²) in [5.41, 5.74) is 1.51. The Morgan fingerprint density at radius 1 is 1.39 bits per heavy atom. The monoisotopic (exact) mass is 262 g/mol. The van der Waals surface area contributed by atoms with Crippen molar-refractivity contribution in [3.63, 3.8) is 0 Å². The van der Waals surface area contributed by atoms with Crippen molar-refractivity contribution < 1.29 is 0 Å². The van der Waals surface area contributed by atoms with E-state index in [0.717, 1.165) is 23.6 Å². The molecular formula is C12H11ClN4O. The summed E-state index contributed by atoms with van der Waals surface area (Å²) < 4.78 is 0. The predicted molar refractivity (Wildman–Crippen MR) is 68.9 cm³/mol. The zero-order valence-electron chi connectivity index (χ0n) is 9.56. The van der Waals surface area contributed by atoms with Gasteiger partial charge in [-0.25, -0.2) is 9.97 Å². The second kappa shape index (κ2) is 4.42. The van der Waals surface area contributed by atoms with Crippen LogP contribution in [-0.4, -0.2) is 21.5 Å². The van der Waals surface area contributed by atoms with E-state index in [-0.39, 0.29) is 5.56 Å². The number of pyridine rings is 1. The smallest absolute Gasteiger partial charge is 0.254 e. The Bertz CT molecular complexity index is 640. The van der Waals surface area contributed by atoms with Crippen molar-refractivity contribution in [2.24, 2.45) is 0 Å². The number of anilines is 1. The van der Waals surface area contributed by atoms with E-state index in [4.69, 9.17) is 11.6 Å². The first-order valence-corrected chi connectivity index (χ1v) is 6.04. The summed E-state index contributed by atoms with van der Waals surface area (Å²) in [6.45, 7) is 1.29. The maximum Gasteiger partial charge on any atom is 0.254 e. The molecule has 0 spiro atoms. The molecule has 0 saturated heterocycles. The Kier molecular flexibility index (Phi) is 2.76. The van der Waals surface area contributed by atoms with Crippen LogP contribution in [0, 0.1) is 0 Å². The van der Waals surface area contributed by atoms with Crippen LogP contribution in [0.15, 0.2) is 29.5 Å². The number of rotatable bonds is 1. The van der Waals surface area contributed by atoms with Crippen LogP contribution in [0.1, 0.15) is 11.3 Å². The third-order valence-electron chi connectivity index (χ3n) is 3.05. The highest BCUT2D eigenvalue weighted by molar-refractivity contribution is 6.32. The normalized spacial score (nSPS) is 14.4. The lowest BCUT2D eigenvalue weighted by atomic mass is 10.1. The number of aromatic amines is 1. The average Bonchev–Trinajstić information content (AvgIpc) is 2.39. The maximum atomic E-state index is 11.6. The molecule has 0 atom stereocenters. The van der Waals surface area contributed by atoms with E-state index in [1.165, 1.54) is 6.33 Å². The molecule has 0 aromatic carbocycles. The average molecular weight is 263 g/mol. The molecule has 0 saturated carbocycles. The van der Waals surface area contributed by atoms with E-state index in [2.05, 4.69) is 15.0 Å². The molecule has 0 radical (unpaired) electrons. The fraction of sp³-hybridized carbons (Fsp3) is 0.250. The molecule has 0 aliphatic carbocycles. The molecule has 1 N–H and O–H groups in total. The second-order valence-electron chi connectivity index (χ2n) is 4.14. The summed E-state index contributed by atoms with van der Waals surface area (Å²) >= 11 is 6.12. The van der Waals surface area contributed by atoms with Gasteiger partial charge < -0.3 is 9.88 Å². The highest BCUT2D eigenvalue weighted by Crippen LogP contribution is 2.26. The number of H-pyrrole nitrogens is 1. The van der Waals surface area contributed by atoms with Gasteiger partial charge in [0.05, 0.1) is 23.6 Å². The largest absolute Gasteiger partial charge is 0.349 e. The van der Waals surface area contributed by atoms with E-state index < -0.39 is 0 Å². The van der Waals surface area contributed by atoms with Crippen LogP contribution < -0.4 is 10.5 Å². The minimum Gasteiger partial charge on any atom is -0.349 e. The number of nitrogens with zero attached hydrogens (tertiary/aromatic N) is 3. The fourth-order valence-corrected chi connectivity index (χ4v) is 2.40. The molecule has 6 heteroatoms. The van der Waals surface area contributed by atoms with E-state index in [9.17, 15) is 4.79 Å². The number of halogens is 1. The molecule has 3 rings (SSSR count). The molecule has 0 amide bonds. The molecule has 0 unspecified atom stereocenters. The molecule has 0 bridgehead atoms. The van der Waals surface area contributed by atoms with Crippen LogP contribution in [-0.2, 0) is 13.0 Å². The number of hydrogen-bond acceptors (Lipinski definition) is 4. The van der Waals surface area contributed by atoms with E-state index in [1.54, 1.807) is 12.3 Å². The predicted octanol–water partition coefficient (Wildman–Crippen LogP) is 1.38. The first kappa shape index (κ1) is 11.2. The van der Waals surface area contributed by atoms with Crippen LogP contribution >= 0.6 is 11.6 Å². The SMILES string of the molecule is O=c1[nH]cnc2c1CCN(c1ncccc1Cl)C2. The van der Waals surface area contributed by atoms with E-state index >= 15 is 0 Å². The molecular weight excluding hydrogens is 252 g/mol. The van der Waals surface area contributed by atoms with Gasteiger partial charge in [0.25, 0.3) is 5.56 Å². The van der Waals surface area contributed by atoms with Gasteiger partial charge >= 0.3 is 0 Å². The molecule has 1 aliphatic heterocycles. The highest BCUT2D eigenvalue weighted by Gasteiger charge is 2.21. The van der Waals surface area contributed by atoms with Gasteiger partial charge in [0, 0.05) is 18.3 Å². The van der Waals surface area contributed by atoms with Crippen molar-refractivity contribution in [3.8, 4) is 0 Å². The second-order valence-corrected chi connectivity index (χ2v) is 4.54. The molecule has 5 nitrogen and oxygen atoms in total. The van der Waals surface area contributed by atoms with Gasteiger partial charge in [0.2, 0.25) is 0 Å². The van der Waals surface area contributed by atoms with Gasteiger partial charge in [0.15, 0.2) is 0 Å². The van der Waals surface area contributed by atoms with Crippen molar-refractivity contribution in [2.75, 3.05) is 11.4 Å². The Morgan fingerprint density at radius 2 is 2.28 bits per heavy atom. The van der Waals surface area contributed by atoms with Crippen molar-refractivity contribution in [2.45, 2.75) is 13.0 Å². The van der Waals surface area contributed by atoms with Crippen LogP contribution in [0.5, 0.6) is 0 Å². The Morgan fingerprint density at radius 3 is 3.11 bits per heavy atom. The Labute approximate surface area is 108 Å². The van der Waals surface area contributed by atoms with Crippen LogP contribution in [0.2, 0.25) is 5.02 Å². The quantitative estimate of drug-likeness (QED) is 0.843. The maximum absolute atomic E-state index is 11.6. The van der Waals surface area contributed by atoms with Gasteiger partial charge in [-0.3, -0.25) is 4.79 Å². The fourth-order valence-electron chi connectivity index (χ4n) is 2.16. The summed E-state index contributed by atoms with van der Waals surface area (Å²) in [6, 6.07) is 3.61. The number of hydrogen-bond donors (Lipinski definition) is 1. The summed E-state index contributed by atoms with van der Waals surface area (Å²) in [5, 5.41) is 0.616. The van der Waals surface area contributed by atoms with Gasteiger partial charge in [0.1, 0.15) is 5.82 Å². The number of fused-ring (bicyclic) bond motifs is 1. The zero-order chi connectivity index (χ0) is 12.5.